The predicted molar refractivity (Wildman–Crippen MR) is 93.1 cm³/mol. The number of methoxy groups -OCH3 is 1. The molecule has 1 atom stereocenters. The van der Waals surface area contributed by atoms with Crippen LogP contribution in [0.25, 0.3) is 0 Å². The van der Waals surface area contributed by atoms with Crippen molar-refractivity contribution in [3.63, 3.8) is 0 Å². The van der Waals surface area contributed by atoms with E-state index in [4.69, 9.17) is 18.9 Å². The standard InChI is InChI=1S/C18H28N2O5/c1-18(2,3)25-17(21)20-7-5-6-14(20)13-24-16-10-15(11-19-12-16)23-9-8-22-4/h10-12,14H,5-9,13H2,1-4H3/t14-/m0/s1. The summed E-state index contributed by atoms with van der Waals surface area (Å²) in [6.07, 6.45) is 4.83. The van der Waals surface area contributed by atoms with E-state index < -0.39 is 5.60 Å². The average Bonchev–Trinajstić information content (AvgIpc) is 3.01. The zero-order chi connectivity index (χ0) is 18.3. The van der Waals surface area contributed by atoms with Crippen molar-refractivity contribution in [1.29, 1.82) is 0 Å². The molecular weight excluding hydrogens is 324 g/mol. The second-order valence-corrected chi connectivity index (χ2v) is 6.98. The number of aromatic nitrogens is 1. The largest absolute Gasteiger partial charge is 0.490 e. The number of amides is 1. The molecule has 7 heteroatoms. The number of hydrogen-bond donors (Lipinski definition) is 0. The monoisotopic (exact) mass is 352 g/mol. The Balaban J connectivity index is 1.87. The van der Waals surface area contributed by atoms with Crippen molar-refractivity contribution >= 4 is 6.09 Å². The molecule has 0 bridgehead atoms. The van der Waals surface area contributed by atoms with E-state index in [0.29, 0.717) is 37.9 Å². The first-order valence-corrected chi connectivity index (χ1v) is 8.58. The van der Waals surface area contributed by atoms with Crippen molar-refractivity contribution < 1.29 is 23.7 Å². The van der Waals surface area contributed by atoms with Crippen molar-refractivity contribution in [2.24, 2.45) is 0 Å². The zero-order valence-electron chi connectivity index (χ0n) is 15.5. The summed E-state index contributed by atoms with van der Waals surface area (Å²) in [5, 5.41) is 0. The molecule has 2 heterocycles. The Labute approximate surface area is 149 Å². The van der Waals surface area contributed by atoms with Crippen LogP contribution in [0, 0.1) is 0 Å². The van der Waals surface area contributed by atoms with E-state index in [-0.39, 0.29) is 12.1 Å². The summed E-state index contributed by atoms with van der Waals surface area (Å²) in [6.45, 7) is 7.67. The average molecular weight is 352 g/mol. The predicted octanol–water partition coefficient (Wildman–Crippen LogP) is 2.89. The maximum atomic E-state index is 12.3. The van der Waals surface area contributed by atoms with Gasteiger partial charge < -0.3 is 23.8 Å². The van der Waals surface area contributed by atoms with Gasteiger partial charge in [0.2, 0.25) is 0 Å². The normalized spacial score (nSPS) is 17.4. The van der Waals surface area contributed by atoms with Crippen LogP contribution < -0.4 is 9.47 Å². The molecule has 0 aliphatic carbocycles. The lowest BCUT2D eigenvalue weighted by Crippen LogP contribution is -2.42. The van der Waals surface area contributed by atoms with Gasteiger partial charge in [-0.1, -0.05) is 0 Å². The maximum absolute atomic E-state index is 12.3. The van der Waals surface area contributed by atoms with Gasteiger partial charge in [-0.05, 0) is 33.6 Å². The minimum Gasteiger partial charge on any atom is -0.490 e. The fourth-order valence-corrected chi connectivity index (χ4v) is 2.56. The summed E-state index contributed by atoms with van der Waals surface area (Å²) in [4.78, 5) is 18.2. The van der Waals surface area contributed by atoms with Gasteiger partial charge in [0.25, 0.3) is 0 Å². The number of rotatable bonds is 7. The van der Waals surface area contributed by atoms with Crippen LogP contribution in [0.4, 0.5) is 4.79 Å². The van der Waals surface area contributed by atoms with Crippen LogP contribution in [-0.4, -0.2) is 61.1 Å². The Bertz CT molecular complexity index is 559. The van der Waals surface area contributed by atoms with E-state index in [1.807, 2.05) is 20.8 Å². The Morgan fingerprint density at radius 1 is 1.24 bits per heavy atom. The molecule has 0 radical (unpaired) electrons. The van der Waals surface area contributed by atoms with Crippen LogP contribution in [0.3, 0.4) is 0 Å². The van der Waals surface area contributed by atoms with E-state index in [0.717, 1.165) is 12.8 Å². The van der Waals surface area contributed by atoms with Gasteiger partial charge in [0.05, 0.1) is 25.0 Å². The fourth-order valence-electron chi connectivity index (χ4n) is 2.56. The summed E-state index contributed by atoms with van der Waals surface area (Å²) in [6, 6.07) is 1.79. The molecule has 1 fully saturated rings. The Kier molecular flexibility index (Phi) is 6.87. The molecule has 0 N–H and O–H groups in total. The van der Waals surface area contributed by atoms with E-state index in [1.165, 1.54) is 0 Å². The Morgan fingerprint density at radius 2 is 1.96 bits per heavy atom. The second-order valence-electron chi connectivity index (χ2n) is 6.98. The molecule has 7 nitrogen and oxygen atoms in total. The minimum atomic E-state index is -0.497. The van der Waals surface area contributed by atoms with Crippen molar-refractivity contribution in [1.82, 2.24) is 9.88 Å². The smallest absolute Gasteiger partial charge is 0.410 e. The fraction of sp³-hybridized carbons (Fsp3) is 0.667. The lowest BCUT2D eigenvalue weighted by Gasteiger charge is -2.28. The van der Waals surface area contributed by atoms with Crippen molar-refractivity contribution in [2.45, 2.75) is 45.3 Å². The first kappa shape index (κ1) is 19.3. The Morgan fingerprint density at radius 3 is 2.64 bits per heavy atom. The molecule has 25 heavy (non-hydrogen) atoms. The molecule has 0 spiro atoms. The van der Waals surface area contributed by atoms with Crippen LogP contribution in [0.2, 0.25) is 0 Å². The summed E-state index contributed by atoms with van der Waals surface area (Å²) in [5.41, 5.74) is -0.497. The third-order valence-corrected chi connectivity index (χ3v) is 3.69. The number of carbonyl (C=O) groups excluding carboxylic acids is 1. The third-order valence-electron chi connectivity index (χ3n) is 3.69. The van der Waals surface area contributed by atoms with Gasteiger partial charge in [-0.3, -0.25) is 4.98 Å². The quantitative estimate of drug-likeness (QED) is 0.703. The topological polar surface area (TPSA) is 70.1 Å². The van der Waals surface area contributed by atoms with Gasteiger partial charge in [0, 0.05) is 19.7 Å². The highest BCUT2D eigenvalue weighted by atomic mass is 16.6. The molecule has 1 saturated heterocycles. The highest BCUT2D eigenvalue weighted by molar-refractivity contribution is 5.69. The van der Waals surface area contributed by atoms with Crippen LogP contribution in [-0.2, 0) is 9.47 Å². The lowest BCUT2D eigenvalue weighted by atomic mass is 10.2. The molecule has 1 aromatic rings. The summed E-state index contributed by atoms with van der Waals surface area (Å²) in [7, 11) is 1.62. The van der Waals surface area contributed by atoms with Gasteiger partial charge in [-0.15, -0.1) is 0 Å². The number of nitrogens with zero attached hydrogens (tertiary/aromatic N) is 2. The van der Waals surface area contributed by atoms with Crippen LogP contribution >= 0.6 is 0 Å². The molecule has 0 saturated carbocycles. The van der Waals surface area contributed by atoms with E-state index in [9.17, 15) is 4.79 Å². The summed E-state index contributed by atoms with van der Waals surface area (Å²) >= 11 is 0. The molecule has 1 aliphatic rings. The summed E-state index contributed by atoms with van der Waals surface area (Å²) < 4.78 is 21.8. The van der Waals surface area contributed by atoms with Gasteiger partial charge in [0.1, 0.15) is 30.3 Å². The molecule has 1 amide bonds. The number of likely N-dealkylation sites (tertiary alicyclic amines) is 1. The number of carbonyl (C=O) groups is 1. The van der Waals surface area contributed by atoms with Gasteiger partial charge in [-0.25, -0.2) is 4.79 Å². The number of hydrogen-bond acceptors (Lipinski definition) is 6. The Hall–Kier alpha value is -2.02. The van der Waals surface area contributed by atoms with Crippen molar-refractivity contribution in [3.8, 4) is 11.5 Å². The highest BCUT2D eigenvalue weighted by Gasteiger charge is 2.32. The molecule has 0 aromatic carbocycles. The first-order chi connectivity index (χ1) is 11.9. The minimum absolute atomic E-state index is 0.00733. The molecule has 1 aromatic heterocycles. The highest BCUT2D eigenvalue weighted by Crippen LogP contribution is 2.23. The van der Waals surface area contributed by atoms with Crippen molar-refractivity contribution in [2.75, 3.05) is 33.5 Å². The second kappa shape index (κ2) is 8.89. The first-order valence-electron chi connectivity index (χ1n) is 8.58. The molecule has 1 aliphatic heterocycles. The van der Waals surface area contributed by atoms with Gasteiger partial charge in [0.15, 0.2) is 0 Å². The molecule has 2 rings (SSSR count). The van der Waals surface area contributed by atoms with Gasteiger partial charge in [-0.2, -0.15) is 0 Å². The van der Waals surface area contributed by atoms with Crippen molar-refractivity contribution in [3.05, 3.63) is 18.5 Å². The van der Waals surface area contributed by atoms with E-state index in [2.05, 4.69) is 4.98 Å². The van der Waals surface area contributed by atoms with E-state index in [1.54, 1.807) is 30.5 Å². The molecular formula is C18H28N2O5. The van der Waals surface area contributed by atoms with Crippen LogP contribution in [0.15, 0.2) is 18.5 Å². The number of ether oxygens (including phenoxy) is 4. The molecule has 0 unspecified atom stereocenters. The SMILES string of the molecule is COCCOc1cncc(OC[C@@H]2CCCN2C(=O)OC(C)(C)C)c1. The molecule has 140 valence electrons. The van der Waals surface area contributed by atoms with Crippen LogP contribution in [0.5, 0.6) is 11.5 Å². The maximum Gasteiger partial charge on any atom is 0.410 e. The number of pyridine rings is 1. The zero-order valence-corrected chi connectivity index (χ0v) is 15.5. The summed E-state index contributed by atoms with van der Waals surface area (Å²) in [5.74, 6) is 1.25. The lowest BCUT2D eigenvalue weighted by molar-refractivity contribution is 0.0187. The van der Waals surface area contributed by atoms with Gasteiger partial charge >= 0.3 is 6.09 Å². The third kappa shape index (κ3) is 6.42. The van der Waals surface area contributed by atoms with Crippen LogP contribution in [0.1, 0.15) is 33.6 Å². The van der Waals surface area contributed by atoms with E-state index >= 15 is 0 Å².